The molecule has 0 fully saturated rings. The summed E-state index contributed by atoms with van der Waals surface area (Å²) in [6.45, 7) is 2.05. The molecule has 1 N–H and O–H groups in total. The van der Waals surface area contributed by atoms with Crippen LogP contribution in [0.5, 0.6) is 0 Å². The SMILES string of the molecule is Cc1ccc(C(=S)c2ccc(Cl)[nH]2)cc1. The highest BCUT2D eigenvalue weighted by atomic mass is 35.5. The lowest BCUT2D eigenvalue weighted by Gasteiger charge is -2.01. The minimum atomic E-state index is 0.611. The van der Waals surface area contributed by atoms with E-state index in [-0.39, 0.29) is 0 Å². The minimum Gasteiger partial charge on any atom is -0.345 e. The number of aryl methyl sites for hydroxylation is 1. The van der Waals surface area contributed by atoms with Gasteiger partial charge in [0.05, 0.1) is 10.6 Å². The third kappa shape index (κ3) is 2.28. The normalized spacial score (nSPS) is 10.3. The van der Waals surface area contributed by atoms with E-state index in [1.165, 1.54) is 5.56 Å². The van der Waals surface area contributed by atoms with Crippen LogP contribution in [0.4, 0.5) is 0 Å². The third-order valence-corrected chi connectivity index (χ3v) is 2.88. The third-order valence-electron chi connectivity index (χ3n) is 2.21. The highest BCUT2D eigenvalue weighted by Crippen LogP contribution is 2.14. The van der Waals surface area contributed by atoms with Crippen molar-refractivity contribution in [1.82, 2.24) is 4.98 Å². The molecule has 0 aliphatic heterocycles. The van der Waals surface area contributed by atoms with Crippen molar-refractivity contribution in [2.24, 2.45) is 0 Å². The van der Waals surface area contributed by atoms with E-state index < -0.39 is 0 Å². The van der Waals surface area contributed by atoms with Crippen molar-refractivity contribution in [3.8, 4) is 0 Å². The minimum absolute atomic E-state index is 0.611. The van der Waals surface area contributed by atoms with Crippen LogP contribution in [0, 0.1) is 6.92 Å². The Balaban J connectivity index is 2.32. The molecule has 15 heavy (non-hydrogen) atoms. The number of rotatable bonds is 2. The van der Waals surface area contributed by atoms with Crippen LogP contribution in [0.3, 0.4) is 0 Å². The molecule has 0 radical (unpaired) electrons. The monoisotopic (exact) mass is 235 g/mol. The van der Waals surface area contributed by atoms with Crippen LogP contribution in [-0.4, -0.2) is 9.85 Å². The first-order chi connectivity index (χ1) is 7.16. The first kappa shape index (κ1) is 10.4. The molecule has 76 valence electrons. The average molecular weight is 236 g/mol. The molecule has 0 spiro atoms. The molecular formula is C12H10ClNS. The predicted octanol–water partition coefficient (Wildman–Crippen LogP) is 3.74. The standard InChI is InChI=1S/C12H10ClNS/c1-8-2-4-9(5-3-8)12(15)10-6-7-11(13)14-10/h2-7,14H,1H3. The zero-order chi connectivity index (χ0) is 10.8. The number of aromatic nitrogens is 1. The molecule has 2 rings (SSSR count). The molecule has 1 nitrogen and oxygen atoms in total. The van der Waals surface area contributed by atoms with Gasteiger partial charge in [-0.05, 0) is 24.6 Å². The Morgan fingerprint density at radius 2 is 1.80 bits per heavy atom. The summed E-state index contributed by atoms with van der Waals surface area (Å²) < 4.78 is 0. The summed E-state index contributed by atoms with van der Waals surface area (Å²) in [7, 11) is 0. The number of H-pyrrole nitrogens is 1. The van der Waals surface area contributed by atoms with Gasteiger partial charge < -0.3 is 4.98 Å². The summed E-state index contributed by atoms with van der Waals surface area (Å²) in [6, 6.07) is 11.8. The fourth-order valence-corrected chi connectivity index (χ4v) is 1.78. The zero-order valence-electron chi connectivity index (χ0n) is 8.25. The van der Waals surface area contributed by atoms with Crippen LogP contribution in [0.15, 0.2) is 36.4 Å². The van der Waals surface area contributed by atoms with Crippen LogP contribution in [0.25, 0.3) is 0 Å². The van der Waals surface area contributed by atoms with Crippen molar-refractivity contribution in [3.63, 3.8) is 0 Å². The lowest BCUT2D eigenvalue weighted by Crippen LogP contribution is -1.99. The first-order valence-corrected chi connectivity index (χ1v) is 5.41. The Labute approximate surface area is 99.1 Å². The van der Waals surface area contributed by atoms with E-state index in [9.17, 15) is 0 Å². The Morgan fingerprint density at radius 1 is 1.13 bits per heavy atom. The van der Waals surface area contributed by atoms with E-state index in [1.807, 2.05) is 30.3 Å². The van der Waals surface area contributed by atoms with Gasteiger partial charge in [0.25, 0.3) is 0 Å². The van der Waals surface area contributed by atoms with Gasteiger partial charge in [-0.25, -0.2) is 0 Å². The van der Waals surface area contributed by atoms with Crippen LogP contribution in [-0.2, 0) is 0 Å². The molecule has 0 amide bonds. The Hall–Kier alpha value is -1.12. The average Bonchev–Trinajstić information content (AvgIpc) is 2.65. The molecule has 1 aromatic heterocycles. The Bertz CT molecular complexity index is 485. The smallest absolute Gasteiger partial charge is 0.106 e. The molecule has 0 aliphatic rings. The maximum Gasteiger partial charge on any atom is 0.106 e. The van der Waals surface area contributed by atoms with Gasteiger partial charge in [0.2, 0.25) is 0 Å². The Morgan fingerprint density at radius 3 is 2.33 bits per heavy atom. The van der Waals surface area contributed by atoms with Gasteiger partial charge in [0, 0.05) is 0 Å². The maximum absolute atomic E-state index is 5.80. The Kier molecular flexibility index (Phi) is 2.89. The van der Waals surface area contributed by atoms with Crippen molar-refractivity contribution < 1.29 is 0 Å². The first-order valence-electron chi connectivity index (χ1n) is 4.63. The molecule has 0 bridgehead atoms. The maximum atomic E-state index is 5.80. The molecule has 2 aromatic rings. The molecule has 0 saturated carbocycles. The van der Waals surface area contributed by atoms with Crippen molar-refractivity contribution in [2.45, 2.75) is 6.92 Å². The number of thiocarbonyl (C=S) groups is 1. The molecule has 1 aromatic carbocycles. The van der Waals surface area contributed by atoms with E-state index in [0.717, 1.165) is 16.1 Å². The number of aromatic amines is 1. The van der Waals surface area contributed by atoms with Crippen molar-refractivity contribution >= 4 is 28.7 Å². The zero-order valence-corrected chi connectivity index (χ0v) is 9.82. The fraction of sp³-hybridized carbons (Fsp3) is 0.0833. The number of hydrogen-bond donors (Lipinski definition) is 1. The molecular weight excluding hydrogens is 226 g/mol. The van der Waals surface area contributed by atoms with Gasteiger partial charge in [-0.2, -0.15) is 0 Å². The molecule has 0 unspecified atom stereocenters. The summed E-state index contributed by atoms with van der Waals surface area (Å²) in [6.07, 6.45) is 0. The topological polar surface area (TPSA) is 15.8 Å². The van der Waals surface area contributed by atoms with Gasteiger partial charge in [0.1, 0.15) is 5.15 Å². The van der Waals surface area contributed by atoms with Gasteiger partial charge >= 0.3 is 0 Å². The van der Waals surface area contributed by atoms with E-state index in [4.69, 9.17) is 23.8 Å². The highest BCUT2D eigenvalue weighted by Gasteiger charge is 2.05. The largest absolute Gasteiger partial charge is 0.345 e. The summed E-state index contributed by atoms with van der Waals surface area (Å²) in [5.74, 6) is 0. The highest BCUT2D eigenvalue weighted by molar-refractivity contribution is 7.81. The van der Waals surface area contributed by atoms with Crippen LogP contribution >= 0.6 is 23.8 Å². The number of hydrogen-bond acceptors (Lipinski definition) is 1. The van der Waals surface area contributed by atoms with Crippen LogP contribution in [0.2, 0.25) is 5.15 Å². The molecule has 0 aliphatic carbocycles. The summed E-state index contributed by atoms with van der Waals surface area (Å²) in [5.41, 5.74) is 3.15. The van der Waals surface area contributed by atoms with E-state index in [1.54, 1.807) is 6.07 Å². The number of halogens is 1. The van der Waals surface area contributed by atoms with Crippen molar-refractivity contribution in [3.05, 3.63) is 58.4 Å². The van der Waals surface area contributed by atoms with Gasteiger partial charge in [0.15, 0.2) is 0 Å². The van der Waals surface area contributed by atoms with Crippen LogP contribution in [0.1, 0.15) is 16.8 Å². The predicted molar refractivity (Wildman–Crippen MR) is 67.8 cm³/mol. The lowest BCUT2D eigenvalue weighted by molar-refractivity contribution is 1.37. The van der Waals surface area contributed by atoms with Crippen molar-refractivity contribution in [1.29, 1.82) is 0 Å². The number of nitrogens with one attached hydrogen (secondary N) is 1. The van der Waals surface area contributed by atoms with E-state index >= 15 is 0 Å². The fourth-order valence-electron chi connectivity index (χ4n) is 1.36. The van der Waals surface area contributed by atoms with Crippen molar-refractivity contribution in [2.75, 3.05) is 0 Å². The molecule has 0 atom stereocenters. The lowest BCUT2D eigenvalue weighted by atomic mass is 10.1. The molecule has 0 saturated heterocycles. The van der Waals surface area contributed by atoms with E-state index in [2.05, 4.69) is 11.9 Å². The second-order valence-electron chi connectivity index (χ2n) is 3.42. The summed E-state index contributed by atoms with van der Waals surface area (Å²) >= 11 is 11.2. The van der Waals surface area contributed by atoms with Gasteiger partial charge in [-0.3, -0.25) is 0 Å². The van der Waals surface area contributed by atoms with Gasteiger partial charge in [-0.15, -0.1) is 0 Å². The van der Waals surface area contributed by atoms with Crippen LogP contribution < -0.4 is 0 Å². The molecule has 1 heterocycles. The summed E-state index contributed by atoms with van der Waals surface area (Å²) in [5, 5.41) is 0.611. The quantitative estimate of drug-likeness (QED) is 0.619. The molecule has 3 heteroatoms. The second kappa shape index (κ2) is 4.17. The summed E-state index contributed by atoms with van der Waals surface area (Å²) in [4.78, 5) is 3.81. The number of benzene rings is 1. The van der Waals surface area contributed by atoms with E-state index in [0.29, 0.717) is 5.15 Å². The van der Waals surface area contributed by atoms with Gasteiger partial charge in [-0.1, -0.05) is 53.6 Å². The second-order valence-corrected chi connectivity index (χ2v) is 4.23.